The van der Waals surface area contributed by atoms with Gasteiger partial charge in [-0.15, -0.1) is 0 Å². The molecule has 0 unspecified atom stereocenters. The minimum atomic E-state index is -1.27. The van der Waals surface area contributed by atoms with E-state index in [4.69, 9.17) is 21.4 Å². The van der Waals surface area contributed by atoms with Gasteiger partial charge in [0.2, 0.25) is 0 Å². The number of aromatic nitrogens is 2. The van der Waals surface area contributed by atoms with Crippen molar-refractivity contribution in [2.24, 2.45) is 0 Å². The van der Waals surface area contributed by atoms with Gasteiger partial charge >= 0.3 is 5.97 Å². The summed E-state index contributed by atoms with van der Waals surface area (Å²) < 4.78 is 7.69. The fourth-order valence-electron chi connectivity index (χ4n) is 2.84. The van der Waals surface area contributed by atoms with Gasteiger partial charge in [0.25, 0.3) is 11.5 Å². The molecule has 3 rings (SSSR count). The van der Waals surface area contributed by atoms with E-state index < -0.39 is 34.8 Å². The van der Waals surface area contributed by atoms with Crippen LogP contribution in [-0.2, 0) is 11.3 Å². The number of hydrogen-bond acceptors (Lipinski definition) is 5. The molecule has 10 heteroatoms. The number of fused-ring (bicyclic) bond motifs is 1. The average Bonchev–Trinajstić information content (AvgIpc) is 3.07. The van der Waals surface area contributed by atoms with Gasteiger partial charge in [-0.2, -0.15) is 0 Å². The van der Waals surface area contributed by atoms with Crippen molar-refractivity contribution in [3.05, 3.63) is 63.0 Å². The number of nitrogens with zero attached hydrogens (tertiary/aromatic N) is 2. The average molecular weight is 420 g/mol. The normalized spacial score (nSPS) is 12.0. The van der Waals surface area contributed by atoms with Crippen molar-refractivity contribution in [1.29, 1.82) is 0 Å². The zero-order chi connectivity index (χ0) is 21.3. The van der Waals surface area contributed by atoms with E-state index in [1.165, 1.54) is 35.5 Å². The van der Waals surface area contributed by atoms with E-state index in [-0.39, 0.29) is 17.1 Å². The summed E-state index contributed by atoms with van der Waals surface area (Å²) in [5.41, 5.74) is -0.492. The Balaban J connectivity index is 2.14. The van der Waals surface area contributed by atoms with Crippen LogP contribution in [0.1, 0.15) is 22.8 Å². The molecule has 0 aliphatic rings. The first-order valence-corrected chi connectivity index (χ1v) is 8.91. The highest BCUT2D eigenvalue weighted by Crippen LogP contribution is 2.26. The second-order valence-electron chi connectivity index (χ2n) is 6.36. The largest absolute Gasteiger partial charge is 0.505 e. The minimum Gasteiger partial charge on any atom is -0.505 e. The summed E-state index contributed by atoms with van der Waals surface area (Å²) in [6.45, 7) is 1.32. The van der Waals surface area contributed by atoms with E-state index >= 15 is 0 Å². The molecule has 0 aliphatic carbocycles. The first-order chi connectivity index (χ1) is 13.7. The van der Waals surface area contributed by atoms with Crippen molar-refractivity contribution in [2.75, 3.05) is 7.11 Å². The first kappa shape index (κ1) is 20.3. The Labute approximate surface area is 169 Å². The highest BCUT2D eigenvalue weighted by molar-refractivity contribution is 6.31. The van der Waals surface area contributed by atoms with Gasteiger partial charge < -0.3 is 20.3 Å². The molecular weight excluding hydrogens is 402 g/mol. The van der Waals surface area contributed by atoms with Crippen LogP contribution in [0.2, 0.25) is 5.02 Å². The molecule has 0 radical (unpaired) electrons. The Morgan fingerprint density at radius 2 is 1.93 bits per heavy atom. The number of aromatic hydroxyl groups is 1. The van der Waals surface area contributed by atoms with Crippen LogP contribution in [0.25, 0.3) is 5.52 Å². The molecule has 9 nitrogen and oxygen atoms in total. The second-order valence-corrected chi connectivity index (χ2v) is 6.79. The van der Waals surface area contributed by atoms with Gasteiger partial charge in [0, 0.05) is 6.20 Å². The number of amides is 1. The molecule has 0 fully saturated rings. The number of carboxylic acids is 1. The molecule has 1 aromatic carbocycles. The first-order valence-electron chi connectivity index (χ1n) is 8.53. The van der Waals surface area contributed by atoms with Crippen LogP contribution in [0.5, 0.6) is 11.5 Å². The maximum Gasteiger partial charge on any atom is 0.325 e. The highest BCUT2D eigenvalue weighted by atomic mass is 35.5. The Hall–Kier alpha value is -3.46. The molecule has 0 saturated carbocycles. The number of rotatable bonds is 6. The summed E-state index contributed by atoms with van der Waals surface area (Å²) in [5.74, 6) is -2.21. The van der Waals surface area contributed by atoms with Crippen molar-refractivity contribution in [3.8, 4) is 11.5 Å². The van der Waals surface area contributed by atoms with Crippen molar-refractivity contribution < 1.29 is 24.5 Å². The van der Waals surface area contributed by atoms with Crippen LogP contribution in [-0.4, -0.2) is 44.4 Å². The molecule has 3 N–H and O–H groups in total. The zero-order valence-corrected chi connectivity index (χ0v) is 16.3. The van der Waals surface area contributed by atoms with Gasteiger partial charge in [0.05, 0.1) is 18.7 Å². The van der Waals surface area contributed by atoms with E-state index in [0.29, 0.717) is 5.75 Å². The third-order valence-electron chi connectivity index (χ3n) is 4.39. The van der Waals surface area contributed by atoms with E-state index in [1.807, 2.05) is 0 Å². The summed E-state index contributed by atoms with van der Waals surface area (Å²) in [6, 6.07) is 7.11. The zero-order valence-electron chi connectivity index (χ0n) is 15.5. The predicted octanol–water partition coefficient (Wildman–Crippen LogP) is 1.72. The molecule has 0 bridgehead atoms. The molecule has 0 saturated heterocycles. The number of methoxy groups -OCH3 is 1. The summed E-state index contributed by atoms with van der Waals surface area (Å²) in [4.78, 5) is 36.6. The van der Waals surface area contributed by atoms with Gasteiger partial charge in [-0.25, -0.2) is 4.68 Å². The Morgan fingerprint density at radius 1 is 1.28 bits per heavy atom. The van der Waals surface area contributed by atoms with Gasteiger partial charge in [-0.1, -0.05) is 23.7 Å². The number of carbonyl (C=O) groups excluding carboxylic acids is 1. The van der Waals surface area contributed by atoms with Crippen molar-refractivity contribution in [1.82, 2.24) is 14.5 Å². The van der Waals surface area contributed by atoms with E-state index in [2.05, 4.69) is 5.32 Å². The lowest BCUT2D eigenvalue weighted by atomic mass is 10.2. The molecule has 3 aromatic rings. The van der Waals surface area contributed by atoms with Gasteiger partial charge in [-0.3, -0.25) is 18.9 Å². The van der Waals surface area contributed by atoms with Gasteiger partial charge in [0.1, 0.15) is 22.9 Å². The van der Waals surface area contributed by atoms with E-state index in [9.17, 15) is 19.5 Å². The summed E-state index contributed by atoms with van der Waals surface area (Å²) in [6.07, 6.45) is 1.43. The van der Waals surface area contributed by atoms with Crippen LogP contribution in [0.4, 0.5) is 0 Å². The molecule has 0 spiro atoms. The molecule has 2 aromatic heterocycles. The Bertz CT molecular complexity index is 1150. The van der Waals surface area contributed by atoms with Gasteiger partial charge in [0.15, 0.2) is 5.75 Å². The van der Waals surface area contributed by atoms with Crippen LogP contribution in [0.3, 0.4) is 0 Å². The maximum atomic E-state index is 13.0. The number of carbonyl (C=O) groups is 2. The number of ether oxygens (including phenoxy) is 1. The predicted molar refractivity (Wildman–Crippen MR) is 105 cm³/mol. The maximum absolute atomic E-state index is 13.0. The molecule has 152 valence electrons. The summed E-state index contributed by atoms with van der Waals surface area (Å²) in [5, 5.41) is 21.9. The van der Waals surface area contributed by atoms with Crippen LogP contribution < -0.4 is 15.6 Å². The highest BCUT2D eigenvalue weighted by Gasteiger charge is 2.25. The van der Waals surface area contributed by atoms with Crippen molar-refractivity contribution >= 4 is 29.0 Å². The fraction of sp³-hybridized carbons (Fsp3) is 0.211. The molecule has 1 atom stereocenters. The van der Waals surface area contributed by atoms with Gasteiger partial charge in [-0.05, 0) is 30.7 Å². The lowest BCUT2D eigenvalue weighted by Gasteiger charge is -2.15. The Morgan fingerprint density at radius 3 is 2.52 bits per heavy atom. The number of nitrogens with one attached hydrogen (secondary N) is 1. The molecule has 29 heavy (non-hydrogen) atoms. The summed E-state index contributed by atoms with van der Waals surface area (Å²) in [7, 11) is 1.54. The third kappa shape index (κ3) is 3.90. The minimum absolute atomic E-state index is 0.0688. The number of halogens is 1. The number of aliphatic carboxylic acids is 1. The monoisotopic (exact) mass is 419 g/mol. The van der Waals surface area contributed by atoms with Crippen molar-refractivity contribution in [3.63, 3.8) is 0 Å². The number of hydrogen-bond donors (Lipinski definition) is 3. The smallest absolute Gasteiger partial charge is 0.325 e. The Kier molecular flexibility index (Phi) is 5.51. The van der Waals surface area contributed by atoms with Crippen molar-refractivity contribution in [2.45, 2.75) is 19.5 Å². The van der Waals surface area contributed by atoms with Crippen LogP contribution in [0.15, 0.2) is 41.3 Å². The second kappa shape index (κ2) is 7.88. The van der Waals surface area contributed by atoms with E-state index in [1.54, 1.807) is 24.3 Å². The SMILES string of the molecule is COc1ccc(Cn2c(=O)c(C(=O)N[C@@H](C)C(=O)O)c(O)c3cc(Cl)cn32)cc1. The van der Waals surface area contributed by atoms with E-state index in [0.717, 1.165) is 5.56 Å². The summed E-state index contributed by atoms with van der Waals surface area (Å²) >= 11 is 6.04. The molecular formula is C19H18ClN3O6. The molecule has 0 aliphatic heterocycles. The van der Waals surface area contributed by atoms with Crippen LogP contribution >= 0.6 is 11.6 Å². The molecule has 1 amide bonds. The number of benzene rings is 1. The molecule has 2 heterocycles. The quantitative estimate of drug-likeness (QED) is 0.559. The fourth-order valence-corrected chi connectivity index (χ4v) is 3.04. The van der Waals surface area contributed by atoms with Crippen LogP contribution in [0, 0.1) is 0 Å². The number of carboxylic acid groups (broad SMARTS) is 1. The topological polar surface area (TPSA) is 122 Å². The lowest BCUT2D eigenvalue weighted by molar-refractivity contribution is -0.138. The lowest BCUT2D eigenvalue weighted by Crippen LogP contribution is -2.42. The standard InChI is InChI=1S/C19H18ClN3O6/c1-10(19(27)28)21-17(25)15-16(24)14-7-12(20)9-22(14)23(18(15)26)8-11-3-5-13(29-2)6-4-11/h3-7,9-10,24H,8H2,1-2H3,(H,21,25)(H,27,28)/t10-/m0/s1. The third-order valence-corrected chi connectivity index (χ3v) is 4.60.